The minimum absolute atomic E-state index is 0.0914. The molecule has 17 heavy (non-hydrogen) atoms. The minimum atomic E-state index is -3.00. The number of benzene rings is 1. The average molecular weight is 256 g/mol. The van der Waals surface area contributed by atoms with Gasteiger partial charge in [-0.1, -0.05) is 17.7 Å². The summed E-state index contributed by atoms with van der Waals surface area (Å²) in [5, 5.41) is 2.98. The molecule has 0 fully saturated rings. The predicted molar refractivity (Wildman–Crippen MR) is 71.4 cm³/mol. The van der Waals surface area contributed by atoms with Crippen molar-refractivity contribution in [3.63, 3.8) is 0 Å². The van der Waals surface area contributed by atoms with Crippen LogP contribution in [0.15, 0.2) is 24.3 Å². The van der Waals surface area contributed by atoms with Gasteiger partial charge in [-0.3, -0.25) is 0 Å². The minimum Gasteiger partial charge on any atom is -0.422 e. The Bertz CT molecular complexity index is 401. The zero-order chi connectivity index (χ0) is 13.1. The number of aryl methyl sites for hydroxylation is 1. The lowest BCUT2D eigenvalue weighted by Crippen LogP contribution is -2.30. The van der Waals surface area contributed by atoms with Crippen molar-refractivity contribution in [2.45, 2.75) is 26.8 Å². The zero-order valence-electron chi connectivity index (χ0n) is 11.1. The van der Waals surface area contributed by atoms with Crippen molar-refractivity contribution in [3.8, 4) is 5.75 Å². The lowest BCUT2D eigenvalue weighted by atomic mass is 10.2. The van der Waals surface area contributed by atoms with E-state index in [1.807, 2.05) is 45.0 Å². The molecule has 0 amide bonds. The SMILES string of the molecule is Cc1ccc(O[P@@](=O)(NC(C)C)N(C)C)cc1. The topological polar surface area (TPSA) is 41.6 Å². The molecule has 96 valence electrons. The van der Waals surface area contributed by atoms with Gasteiger partial charge >= 0.3 is 7.67 Å². The molecule has 0 spiro atoms. The number of nitrogens with one attached hydrogen (secondary N) is 1. The summed E-state index contributed by atoms with van der Waals surface area (Å²) < 4.78 is 19.8. The fourth-order valence-corrected chi connectivity index (χ4v) is 2.80. The number of hydrogen-bond acceptors (Lipinski definition) is 2. The van der Waals surface area contributed by atoms with Crippen LogP contribution in [0.4, 0.5) is 0 Å². The lowest BCUT2D eigenvalue weighted by Gasteiger charge is -2.27. The van der Waals surface area contributed by atoms with Crippen LogP contribution in [-0.2, 0) is 4.57 Å². The van der Waals surface area contributed by atoms with Gasteiger partial charge in [0.2, 0.25) is 0 Å². The Kier molecular flexibility index (Phi) is 4.75. The fourth-order valence-electron chi connectivity index (χ4n) is 1.29. The second-order valence-corrected chi connectivity index (χ2v) is 6.84. The van der Waals surface area contributed by atoms with E-state index in [9.17, 15) is 4.57 Å². The molecule has 1 aromatic carbocycles. The highest BCUT2D eigenvalue weighted by atomic mass is 31.2. The molecule has 5 heteroatoms. The van der Waals surface area contributed by atoms with Crippen LogP contribution in [0.3, 0.4) is 0 Å². The van der Waals surface area contributed by atoms with Crippen LogP contribution in [0.5, 0.6) is 5.75 Å². The highest BCUT2D eigenvalue weighted by molar-refractivity contribution is 7.54. The zero-order valence-corrected chi connectivity index (χ0v) is 12.0. The molecule has 0 bridgehead atoms. The van der Waals surface area contributed by atoms with E-state index in [0.29, 0.717) is 5.75 Å². The summed E-state index contributed by atoms with van der Waals surface area (Å²) in [6.07, 6.45) is 0. The molecule has 0 unspecified atom stereocenters. The summed E-state index contributed by atoms with van der Waals surface area (Å²) in [5.74, 6) is 0.612. The molecule has 1 rings (SSSR count). The number of hydrogen-bond donors (Lipinski definition) is 1. The van der Waals surface area contributed by atoms with E-state index in [2.05, 4.69) is 5.09 Å². The Hall–Kier alpha value is -0.830. The van der Waals surface area contributed by atoms with Gasteiger partial charge in [-0.25, -0.2) is 14.3 Å². The van der Waals surface area contributed by atoms with Crippen LogP contribution in [0.25, 0.3) is 0 Å². The summed E-state index contributed by atoms with van der Waals surface area (Å²) in [7, 11) is 0.480. The van der Waals surface area contributed by atoms with Crippen molar-refractivity contribution >= 4 is 7.67 Å². The van der Waals surface area contributed by atoms with Crippen molar-refractivity contribution in [2.75, 3.05) is 14.1 Å². The van der Waals surface area contributed by atoms with Crippen molar-refractivity contribution < 1.29 is 9.09 Å². The Morgan fingerprint density at radius 1 is 1.24 bits per heavy atom. The standard InChI is InChI=1S/C12H21N2O2P/c1-10(2)13-17(15,14(4)5)16-12-8-6-11(3)7-9-12/h6-10H,1-5H3,(H,13,15)/t17-/m0/s1. The molecule has 1 atom stereocenters. The molecule has 0 aliphatic rings. The van der Waals surface area contributed by atoms with Crippen LogP contribution in [0, 0.1) is 6.92 Å². The number of nitrogens with zero attached hydrogens (tertiary/aromatic N) is 1. The molecule has 0 aliphatic carbocycles. The van der Waals surface area contributed by atoms with Gasteiger partial charge in [-0.15, -0.1) is 0 Å². The molecule has 0 radical (unpaired) electrons. The van der Waals surface area contributed by atoms with Crippen LogP contribution in [0.2, 0.25) is 0 Å². The second kappa shape index (κ2) is 5.67. The first-order valence-electron chi connectivity index (χ1n) is 5.65. The van der Waals surface area contributed by atoms with E-state index in [1.54, 1.807) is 18.8 Å². The van der Waals surface area contributed by atoms with Gasteiger partial charge in [0.15, 0.2) is 0 Å². The first-order chi connectivity index (χ1) is 7.83. The van der Waals surface area contributed by atoms with Gasteiger partial charge in [0.25, 0.3) is 0 Å². The Morgan fingerprint density at radius 3 is 2.18 bits per heavy atom. The van der Waals surface area contributed by atoms with Gasteiger partial charge in [0.1, 0.15) is 5.75 Å². The monoisotopic (exact) mass is 256 g/mol. The summed E-state index contributed by atoms with van der Waals surface area (Å²) in [4.78, 5) is 0. The van der Waals surface area contributed by atoms with Gasteiger partial charge < -0.3 is 4.52 Å². The fraction of sp³-hybridized carbons (Fsp3) is 0.500. The van der Waals surface area contributed by atoms with E-state index in [-0.39, 0.29) is 6.04 Å². The van der Waals surface area contributed by atoms with Crippen molar-refractivity contribution in [1.29, 1.82) is 0 Å². The quantitative estimate of drug-likeness (QED) is 0.822. The van der Waals surface area contributed by atoms with Crippen molar-refractivity contribution in [2.24, 2.45) is 0 Å². The molecule has 4 nitrogen and oxygen atoms in total. The summed E-state index contributed by atoms with van der Waals surface area (Å²) >= 11 is 0. The van der Waals surface area contributed by atoms with Crippen LogP contribution < -0.4 is 9.61 Å². The third-order valence-electron chi connectivity index (χ3n) is 2.20. The first kappa shape index (κ1) is 14.2. The molecule has 0 saturated carbocycles. The Labute approximate surface area is 104 Å². The van der Waals surface area contributed by atoms with Crippen LogP contribution in [0.1, 0.15) is 19.4 Å². The van der Waals surface area contributed by atoms with Gasteiger partial charge in [-0.2, -0.15) is 0 Å². The molecular formula is C12H21N2O2P. The van der Waals surface area contributed by atoms with E-state index in [4.69, 9.17) is 4.52 Å². The summed E-state index contributed by atoms with van der Waals surface area (Å²) in [5.41, 5.74) is 1.15. The lowest BCUT2D eigenvalue weighted by molar-refractivity contribution is 0.394. The summed E-state index contributed by atoms with van der Waals surface area (Å²) in [6, 6.07) is 7.62. The van der Waals surface area contributed by atoms with Gasteiger partial charge in [0, 0.05) is 6.04 Å². The van der Waals surface area contributed by atoms with E-state index in [0.717, 1.165) is 5.56 Å². The molecule has 0 aromatic heterocycles. The Balaban J connectivity index is 2.87. The first-order valence-corrected chi connectivity index (χ1v) is 7.23. The largest absolute Gasteiger partial charge is 0.422 e. The van der Waals surface area contributed by atoms with E-state index in [1.165, 1.54) is 0 Å². The maximum atomic E-state index is 12.6. The third kappa shape index (κ3) is 4.15. The van der Waals surface area contributed by atoms with Gasteiger partial charge in [-0.05, 0) is 47.0 Å². The third-order valence-corrected chi connectivity index (χ3v) is 4.55. The number of rotatable bonds is 5. The van der Waals surface area contributed by atoms with Crippen molar-refractivity contribution in [1.82, 2.24) is 9.76 Å². The predicted octanol–water partition coefficient (Wildman–Crippen LogP) is 3.04. The normalized spacial score (nSPS) is 15.0. The molecule has 0 saturated heterocycles. The average Bonchev–Trinajstić information content (AvgIpc) is 2.20. The smallest absolute Gasteiger partial charge is 0.392 e. The Morgan fingerprint density at radius 2 is 1.76 bits per heavy atom. The van der Waals surface area contributed by atoms with E-state index < -0.39 is 7.67 Å². The highest BCUT2D eigenvalue weighted by Crippen LogP contribution is 2.45. The maximum Gasteiger partial charge on any atom is 0.392 e. The molecule has 1 N–H and O–H groups in total. The van der Waals surface area contributed by atoms with Gasteiger partial charge in [0.05, 0.1) is 0 Å². The molecular weight excluding hydrogens is 235 g/mol. The summed E-state index contributed by atoms with van der Waals surface area (Å²) in [6.45, 7) is 5.88. The molecule has 0 heterocycles. The molecule has 1 aromatic rings. The highest BCUT2D eigenvalue weighted by Gasteiger charge is 2.28. The van der Waals surface area contributed by atoms with Crippen LogP contribution in [-0.4, -0.2) is 24.8 Å². The van der Waals surface area contributed by atoms with Crippen LogP contribution >= 0.6 is 7.67 Å². The molecule has 0 aliphatic heterocycles. The maximum absolute atomic E-state index is 12.6. The van der Waals surface area contributed by atoms with E-state index >= 15 is 0 Å². The van der Waals surface area contributed by atoms with Crippen molar-refractivity contribution in [3.05, 3.63) is 29.8 Å². The second-order valence-electron chi connectivity index (χ2n) is 4.56.